The normalized spacial score (nSPS) is 18.2. The average Bonchev–Trinajstić information content (AvgIpc) is 2.84. The number of aromatic nitrogens is 3. The minimum Gasteiger partial charge on any atom is -0.508 e. The zero-order valence-electron chi connectivity index (χ0n) is 9.58. The summed E-state index contributed by atoms with van der Waals surface area (Å²) >= 11 is 0. The van der Waals surface area contributed by atoms with Crippen LogP contribution in [-0.4, -0.2) is 26.0 Å². The van der Waals surface area contributed by atoms with Crippen LogP contribution in [0.2, 0.25) is 0 Å². The van der Waals surface area contributed by atoms with Gasteiger partial charge in [-0.2, -0.15) is 0 Å². The predicted molar refractivity (Wildman–Crippen MR) is 62.7 cm³/mol. The summed E-state index contributed by atoms with van der Waals surface area (Å²) in [4.78, 5) is 11.9. The number of phenolic OH excluding ortho intramolecular Hbond substituents is 1. The van der Waals surface area contributed by atoms with Crippen molar-refractivity contribution in [1.82, 2.24) is 20.3 Å². The van der Waals surface area contributed by atoms with Crippen LogP contribution in [0.3, 0.4) is 0 Å². The number of carbonyl (C=O) groups excluding carboxylic acids is 1. The fraction of sp³-hybridized carbons (Fsp3) is 0.250. The first-order valence-corrected chi connectivity index (χ1v) is 5.69. The Bertz CT molecular complexity index is 576. The van der Waals surface area contributed by atoms with Crippen molar-refractivity contribution in [3.05, 3.63) is 41.7 Å². The van der Waals surface area contributed by atoms with E-state index < -0.39 is 0 Å². The molecule has 0 radical (unpaired) electrons. The Morgan fingerprint density at radius 1 is 1.39 bits per heavy atom. The summed E-state index contributed by atoms with van der Waals surface area (Å²) in [5.74, 6) is 0.161. The monoisotopic (exact) mass is 244 g/mol. The Morgan fingerprint density at radius 3 is 2.94 bits per heavy atom. The van der Waals surface area contributed by atoms with Crippen LogP contribution in [0.4, 0.5) is 0 Å². The number of nitrogens with zero attached hydrogens (tertiary/aromatic N) is 3. The smallest absolute Gasteiger partial charge is 0.245 e. The molecule has 0 aliphatic carbocycles. The lowest BCUT2D eigenvalue weighted by Gasteiger charge is -2.23. The molecule has 1 atom stereocenters. The lowest BCUT2D eigenvalue weighted by atomic mass is 10.0. The SMILES string of the molecule is O=C1NCc2cnnn2[C@@H]1Cc1ccc(O)cc1. The van der Waals surface area contributed by atoms with Crippen LogP contribution >= 0.6 is 0 Å². The van der Waals surface area contributed by atoms with Gasteiger partial charge in [0.25, 0.3) is 0 Å². The second-order valence-corrected chi connectivity index (χ2v) is 4.27. The highest BCUT2D eigenvalue weighted by Gasteiger charge is 2.28. The molecule has 1 aliphatic heterocycles. The second kappa shape index (κ2) is 4.14. The minimum atomic E-state index is -0.374. The molecule has 0 saturated carbocycles. The van der Waals surface area contributed by atoms with Gasteiger partial charge in [-0.05, 0) is 17.7 Å². The Balaban J connectivity index is 1.88. The summed E-state index contributed by atoms with van der Waals surface area (Å²) in [7, 11) is 0. The number of aromatic hydroxyl groups is 1. The molecule has 18 heavy (non-hydrogen) atoms. The lowest BCUT2D eigenvalue weighted by molar-refractivity contribution is -0.125. The number of nitrogens with one attached hydrogen (secondary N) is 1. The topological polar surface area (TPSA) is 80.0 Å². The molecule has 0 bridgehead atoms. The Kier molecular flexibility index (Phi) is 2.47. The van der Waals surface area contributed by atoms with Crippen LogP contribution in [0.15, 0.2) is 30.5 Å². The van der Waals surface area contributed by atoms with Gasteiger partial charge in [-0.3, -0.25) is 4.79 Å². The van der Waals surface area contributed by atoms with E-state index in [9.17, 15) is 9.90 Å². The van der Waals surface area contributed by atoms with Crippen molar-refractivity contribution in [2.45, 2.75) is 19.0 Å². The van der Waals surface area contributed by atoms with Crippen molar-refractivity contribution in [3.8, 4) is 5.75 Å². The summed E-state index contributed by atoms with van der Waals surface area (Å²) in [6, 6.07) is 6.44. The van der Waals surface area contributed by atoms with Crippen molar-refractivity contribution < 1.29 is 9.90 Å². The van der Waals surface area contributed by atoms with Crippen molar-refractivity contribution in [2.75, 3.05) is 0 Å². The summed E-state index contributed by atoms with van der Waals surface area (Å²) in [6.45, 7) is 0.470. The van der Waals surface area contributed by atoms with E-state index in [0.717, 1.165) is 11.3 Å². The Labute approximate surface area is 103 Å². The molecular formula is C12H12N4O2. The molecule has 1 aromatic heterocycles. The van der Waals surface area contributed by atoms with Crippen molar-refractivity contribution in [1.29, 1.82) is 0 Å². The first-order valence-electron chi connectivity index (χ1n) is 5.69. The van der Waals surface area contributed by atoms with Crippen LogP contribution in [0.1, 0.15) is 17.3 Å². The van der Waals surface area contributed by atoms with Gasteiger partial charge in [0.2, 0.25) is 5.91 Å². The number of hydrogen-bond donors (Lipinski definition) is 2. The van der Waals surface area contributed by atoms with Gasteiger partial charge in [0.15, 0.2) is 0 Å². The van der Waals surface area contributed by atoms with Crippen molar-refractivity contribution in [3.63, 3.8) is 0 Å². The Hall–Kier alpha value is -2.37. The summed E-state index contributed by atoms with van der Waals surface area (Å²) in [6.07, 6.45) is 2.19. The van der Waals surface area contributed by atoms with Gasteiger partial charge in [-0.1, -0.05) is 17.3 Å². The maximum atomic E-state index is 11.9. The van der Waals surface area contributed by atoms with Gasteiger partial charge in [0.05, 0.1) is 18.4 Å². The minimum absolute atomic E-state index is 0.0546. The molecule has 6 nitrogen and oxygen atoms in total. The van der Waals surface area contributed by atoms with E-state index >= 15 is 0 Å². The second-order valence-electron chi connectivity index (χ2n) is 4.27. The zero-order chi connectivity index (χ0) is 12.5. The third kappa shape index (κ3) is 1.81. The quantitative estimate of drug-likeness (QED) is 0.801. The van der Waals surface area contributed by atoms with Gasteiger partial charge in [-0.25, -0.2) is 4.68 Å². The first kappa shape index (κ1) is 10.8. The highest BCUT2D eigenvalue weighted by molar-refractivity contribution is 5.81. The highest BCUT2D eigenvalue weighted by atomic mass is 16.3. The zero-order valence-corrected chi connectivity index (χ0v) is 9.58. The summed E-state index contributed by atoms with van der Waals surface area (Å²) < 4.78 is 1.66. The molecule has 6 heteroatoms. The van der Waals surface area contributed by atoms with Crippen LogP contribution < -0.4 is 5.32 Å². The molecule has 2 N–H and O–H groups in total. The lowest BCUT2D eigenvalue weighted by Crippen LogP contribution is -2.40. The molecule has 1 aliphatic rings. The average molecular weight is 244 g/mol. The van der Waals surface area contributed by atoms with Crippen LogP contribution in [0, 0.1) is 0 Å². The van der Waals surface area contributed by atoms with E-state index in [4.69, 9.17) is 0 Å². The van der Waals surface area contributed by atoms with E-state index in [1.54, 1.807) is 35.1 Å². The molecule has 0 fully saturated rings. The molecular weight excluding hydrogens is 232 g/mol. The van der Waals surface area contributed by atoms with Gasteiger partial charge < -0.3 is 10.4 Å². The van der Waals surface area contributed by atoms with Crippen LogP contribution in [-0.2, 0) is 17.8 Å². The Morgan fingerprint density at radius 2 is 2.17 bits per heavy atom. The number of rotatable bonds is 2. The molecule has 0 spiro atoms. The predicted octanol–water partition coefficient (Wildman–Crippen LogP) is 0.397. The molecule has 0 unspecified atom stereocenters. The highest BCUT2D eigenvalue weighted by Crippen LogP contribution is 2.20. The molecule has 92 valence electrons. The number of carbonyl (C=O) groups is 1. The first-order chi connectivity index (χ1) is 8.74. The van der Waals surface area contributed by atoms with Gasteiger partial charge in [0, 0.05) is 6.42 Å². The van der Waals surface area contributed by atoms with E-state index in [1.165, 1.54) is 0 Å². The van der Waals surface area contributed by atoms with Gasteiger partial charge >= 0.3 is 0 Å². The number of hydrogen-bond acceptors (Lipinski definition) is 4. The number of amides is 1. The van der Waals surface area contributed by atoms with E-state index in [-0.39, 0.29) is 17.7 Å². The molecule has 3 rings (SSSR count). The molecule has 0 saturated heterocycles. The van der Waals surface area contributed by atoms with Gasteiger partial charge in [-0.15, -0.1) is 5.10 Å². The molecule has 1 aromatic carbocycles. The third-order valence-corrected chi connectivity index (χ3v) is 3.06. The maximum absolute atomic E-state index is 11.9. The number of fused-ring (bicyclic) bond motifs is 1. The van der Waals surface area contributed by atoms with E-state index in [0.29, 0.717) is 13.0 Å². The number of benzene rings is 1. The van der Waals surface area contributed by atoms with Crippen LogP contribution in [0.25, 0.3) is 0 Å². The van der Waals surface area contributed by atoms with Crippen molar-refractivity contribution >= 4 is 5.91 Å². The van der Waals surface area contributed by atoms with E-state index in [1.807, 2.05) is 0 Å². The fourth-order valence-corrected chi connectivity index (χ4v) is 2.09. The van der Waals surface area contributed by atoms with E-state index in [2.05, 4.69) is 15.6 Å². The third-order valence-electron chi connectivity index (χ3n) is 3.06. The standard InChI is InChI=1S/C12H12N4O2/c17-10-3-1-8(2-4-10)5-11-12(18)13-6-9-7-14-15-16(9)11/h1-4,7,11,17H,5-6H2,(H,13,18)/t11-/m1/s1. The number of phenols is 1. The largest absolute Gasteiger partial charge is 0.508 e. The van der Waals surface area contributed by atoms with Gasteiger partial charge in [0.1, 0.15) is 11.8 Å². The molecule has 1 amide bonds. The molecule has 2 aromatic rings. The van der Waals surface area contributed by atoms with Crippen LogP contribution in [0.5, 0.6) is 5.75 Å². The molecule has 2 heterocycles. The fourth-order valence-electron chi connectivity index (χ4n) is 2.09. The maximum Gasteiger partial charge on any atom is 0.245 e. The summed E-state index contributed by atoms with van der Waals surface area (Å²) in [5, 5.41) is 19.8. The van der Waals surface area contributed by atoms with Crippen molar-refractivity contribution in [2.24, 2.45) is 0 Å². The summed E-state index contributed by atoms with van der Waals surface area (Å²) in [5.41, 5.74) is 1.87.